The standard InChI is InChI=1S/C25H33N3O4S/c1-5-18(4)23(26-24(29)19-11-9-8-10-12-19)25(30)28-16-15-20-17-21(13-14-22(20)28)33(31,32)27(6-2)7-3/h8-14,17-18,23H,5-7,15-16H2,1-4H3,(H,26,29)/t18-,23-/m0/s1. The fourth-order valence-corrected chi connectivity index (χ4v) is 5.65. The third-order valence-corrected chi connectivity index (χ3v) is 8.40. The number of hydrogen-bond acceptors (Lipinski definition) is 4. The number of fused-ring (bicyclic) bond motifs is 1. The maximum atomic E-state index is 13.5. The van der Waals surface area contributed by atoms with Gasteiger partial charge in [-0.2, -0.15) is 4.31 Å². The third-order valence-electron chi connectivity index (χ3n) is 6.36. The molecule has 0 radical (unpaired) electrons. The number of amides is 2. The smallest absolute Gasteiger partial charge is 0.251 e. The van der Waals surface area contributed by atoms with Crippen LogP contribution >= 0.6 is 0 Å². The molecule has 3 rings (SSSR count). The molecule has 2 atom stereocenters. The van der Waals surface area contributed by atoms with Gasteiger partial charge in [-0.05, 0) is 48.2 Å². The molecule has 178 valence electrons. The Morgan fingerprint density at radius 3 is 2.33 bits per heavy atom. The molecule has 8 heteroatoms. The van der Waals surface area contributed by atoms with Gasteiger partial charge in [0.2, 0.25) is 15.9 Å². The van der Waals surface area contributed by atoms with Crippen LogP contribution in [0.3, 0.4) is 0 Å². The first-order chi connectivity index (χ1) is 15.7. The van der Waals surface area contributed by atoms with Crippen molar-refractivity contribution in [1.82, 2.24) is 9.62 Å². The molecular weight excluding hydrogens is 438 g/mol. The number of carbonyl (C=O) groups is 2. The molecule has 0 saturated carbocycles. The molecular formula is C25H33N3O4S. The molecule has 1 aliphatic rings. The zero-order valence-electron chi connectivity index (χ0n) is 19.7. The van der Waals surface area contributed by atoms with Crippen LogP contribution in [0.25, 0.3) is 0 Å². The Morgan fingerprint density at radius 2 is 1.73 bits per heavy atom. The lowest BCUT2D eigenvalue weighted by Crippen LogP contribution is -2.51. The van der Waals surface area contributed by atoms with Crippen LogP contribution in [0.5, 0.6) is 0 Å². The Kier molecular flexibility index (Phi) is 7.92. The molecule has 0 spiro atoms. The average molecular weight is 472 g/mol. The highest BCUT2D eigenvalue weighted by Gasteiger charge is 2.35. The quantitative estimate of drug-likeness (QED) is 0.607. The van der Waals surface area contributed by atoms with E-state index in [9.17, 15) is 18.0 Å². The number of carbonyl (C=O) groups excluding carboxylic acids is 2. The Labute approximate surface area is 196 Å². The van der Waals surface area contributed by atoms with E-state index in [1.807, 2.05) is 33.8 Å². The van der Waals surface area contributed by atoms with E-state index in [0.717, 1.165) is 12.0 Å². The van der Waals surface area contributed by atoms with Crippen molar-refractivity contribution in [3.63, 3.8) is 0 Å². The maximum absolute atomic E-state index is 13.5. The van der Waals surface area contributed by atoms with Gasteiger partial charge in [-0.15, -0.1) is 0 Å². The molecule has 33 heavy (non-hydrogen) atoms. The summed E-state index contributed by atoms with van der Waals surface area (Å²) in [5.74, 6) is -0.516. The molecule has 2 aromatic carbocycles. The van der Waals surface area contributed by atoms with Gasteiger partial charge in [0.25, 0.3) is 5.91 Å². The summed E-state index contributed by atoms with van der Waals surface area (Å²) in [5, 5.41) is 2.92. The first-order valence-electron chi connectivity index (χ1n) is 11.5. The highest BCUT2D eigenvalue weighted by molar-refractivity contribution is 7.89. The highest BCUT2D eigenvalue weighted by atomic mass is 32.2. The van der Waals surface area contributed by atoms with Gasteiger partial charge in [0.1, 0.15) is 6.04 Å². The van der Waals surface area contributed by atoms with Crippen LogP contribution in [0.2, 0.25) is 0 Å². The summed E-state index contributed by atoms with van der Waals surface area (Å²) in [6.45, 7) is 8.82. The predicted molar refractivity (Wildman–Crippen MR) is 130 cm³/mol. The SMILES string of the molecule is CC[C@H](C)[C@H](NC(=O)c1ccccc1)C(=O)N1CCc2cc(S(=O)(=O)N(CC)CC)ccc21. The van der Waals surface area contributed by atoms with E-state index < -0.39 is 16.1 Å². The molecule has 1 N–H and O–H groups in total. The molecule has 2 amide bonds. The van der Waals surface area contributed by atoms with E-state index in [4.69, 9.17) is 0 Å². The lowest BCUT2D eigenvalue weighted by atomic mass is 9.97. The van der Waals surface area contributed by atoms with Crippen molar-refractivity contribution in [2.24, 2.45) is 5.92 Å². The Bertz CT molecular complexity index is 1100. The van der Waals surface area contributed by atoms with Gasteiger partial charge < -0.3 is 10.2 Å². The topological polar surface area (TPSA) is 86.8 Å². The molecule has 1 aliphatic heterocycles. The van der Waals surface area contributed by atoms with Gasteiger partial charge in [0.15, 0.2) is 0 Å². The van der Waals surface area contributed by atoms with Gasteiger partial charge in [0, 0.05) is 30.9 Å². The number of sulfonamides is 1. The van der Waals surface area contributed by atoms with Gasteiger partial charge in [0.05, 0.1) is 4.90 Å². The Morgan fingerprint density at radius 1 is 1.06 bits per heavy atom. The third kappa shape index (κ3) is 5.12. The molecule has 1 heterocycles. The molecule has 7 nitrogen and oxygen atoms in total. The summed E-state index contributed by atoms with van der Waals surface area (Å²) in [4.78, 5) is 28.2. The normalized spacial score (nSPS) is 15.2. The molecule has 2 aromatic rings. The van der Waals surface area contributed by atoms with E-state index >= 15 is 0 Å². The van der Waals surface area contributed by atoms with E-state index in [1.165, 1.54) is 4.31 Å². The number of rotatable bonds is 9. The van der Waals surface area contributed by atoms with E-state index in [-0.39, 0.29) is 22.6 Å². The van der Waals surface area contributed by atoms with Crippen molar-refractivity contribution in [2.75, 3.05) is 24.5 Å². The largest absolute Gasteiger partial charge is 0.340 e. The van der Waals surface area contributed by atoms with E-state index in [1.54, 1.807) is 47.4 Å². The van der Waals surface area contributed by atoms with Gasteiger partial charge in [-0.1, -0.05) is 52.3 Å². The molecule has 0 bridgehead atoms. The summed E-state index contributed by atoms with van der Waals surface area (Å²) < 4.78 is 27.2. The Balaban J connectivity index is 1.86. The Hall–Kier alpha value is -2.71. The number of hydrogen-bond donors (Lipinski definition) is 1. The number of anilines is 1. The van der Waals surface area contributed by atoms with E-state index in [2.05, 4.69) is 5.32 Å². The zero-order chi connectivity index (χ0) is 24.2. The van der Waals surface area contributed by atoms with Gasteiger partial charge in [-0.3, -0.25) is 9.59 Å². The van der Waals surface area contributed by atoms with Crippen molar-refractivity contribution >= 4 is 27.5 Å². The number of nitrogens with zero attached hydrogens (tertiary/aromatic N) is 2. The van der Waals surface area contributed by atoms with Crippen molar-refractivity contribution in [1.29, 1.82) is 0 Å². The fraction of sp³-hybridized carbons (Fsp3) is 0.440. The highest BCUT2D eigenvalue weighted by Crippen LogP contribution is 2.32. The van der Waals surface area contributed by atoms with Crippen molar-refractivity contribution in [2.45, 2.75) is 51.5 Å². The average Bonchev–Trinajstić information content (AvgIpc) is 3.26. The zero-order valence-corrected chi connectivity index (χ0v) is 20.6. The minimum atomic E-state index is -3.57. The summed E-state index contributed by atoms with van der Waals surface area (Å²) in [6, 6.07) is 13.1. The number of nitrogens with one attached hydrogen (secondary N) is 1. The van der Waals surface area contributed by atoms with Crippen LogP contribution in [0.4, 0.5) is 5.69 Å². The van der Waals surface area contributed by atoms with Crippen LogP contribution in [0.15, 0.2) is 53.4 Å². The maximum Gasteiger partial charge on any atom is 0.251 e. The summed E-state index contributed by atoms with van der Waals surface area (Å²) in [7, 11) is -3.57. The molecule has 0 saturated heterocycles. The second-order valence-electron chi connectivity index (χ2n) is 8.32. The van der Waals surface area contributed by atoms with Crippen LogP contribution < -0.4 is 10.2 Å². The summed E-state index contributed by atoms with van der Waals surface area (Å²) >= 11 is 0. The monoisotopic (exact) mass is 471 g/mol. The van der Waals surface area contributed by atoms with Gasteiger partial charge >= 0.3 is 0 Å². The second-order valence-corrected chi connectivity index (χ2v) is 10.3. The van der Waals surface area contributed by atoms with Crippen LogP contribution in [0.1, 0.15) is 50.0 Å². The second kappa shape index (κ2) is 10.5. The summed E-state index contributed by atoms with van der Waals surface area (Å²) in [5.41, 5.74) is 2.04. The minimum absolute atomic E-state index is 0.0588. The van der Waals surface area contributed by atoms with Crippen LogP contribution in [-0.2, 0) is 21.2 Å². The van der Waals surface area contributed by atoms with Crippen LogP contribution in [0, 0.1) is 5.92 Å². The number of benzene rings is 2. The fourth-order valence-electron chi connectivity index (χ4n) is 4.15. The first-order valence-corrected chi connectivity index (χ1v) is 13.0. The molecule has 0 aliphatic carbocycles. The first kappa shape index (κ1) is 24.9. The lowest BCUT2D eigenvalue weighted by molar-refractivity contribution is -0.121. The van der Waals surface area contributed by atoms with Crippen molar-refractivity contribution < 1.29 is 18.0 Å². The summed E-state index contributed by atoms with van der Waals surface area (Å²) in [6.07, 6.45) is 1.30. The predicted octanol–water partition coefficient (Wildman–Crippen LogP) is 3.45. The molecule has 0 aromatic heterocycles. The van der Waals surface area contributed by atoms with E-state index in [0.29, 0.717) is 37.3 Å². The minimum Gasteiger partial charge on any atom is -0.340 e. The van der Waals surface area contributed by atoms with Crippen molar-refractivity contribution in [3.8, 4) is 0 Å². The van der Waals surface area contributed by atoms with Crippen molar-refractivity contribution in [3.05, 3.63) is 59.7 Å². The van der Waals surface area contributed by atoms with Crippen LogP contribution in [-0.4, -0.2) is 50.2 Å². The molecule has 0 unspecified atom stereocenters. The lowest BCUT2D eigenvalue weighted by Gasteiger charge is -2.28. The van der Waals surface area contributed by atoms with Gasteiger partial charge in [-0.25, -0.2) is 8.42 Å². The molecule has 0 fully saturated rings.